The van der Waals surface area contributed by atoms with Crippen molar-refractivity contribution in [2.75, 3.05) is 5.32 Å². The first-order valence-electron chi connectivity index (χ1n) is 14.9. The van der Waals surface area contributed by atoms with E-state index in [9.17, 15) is 9.59 Å². The van der Waals surface area contributed by atoms with E-state index in [-0.39, 0.29) is 11.7 Å². The Kier molecular flexibility index (Phi) is 25.8. The largest absolute Gasteiger partial charge is 0.488 e. The predicted molar refractivity (Wildman–Crippen MR) is 182 cm³/mol. The fourth-order valence-electron chi connectivity index (χ4n) is 2.79. The Morgan fingerprint density at radius 2 is 1.14 bits per heavy atom. The lowest BCUT2D eigenvalue weighted by Crippen LogP contribution is -2.09. The van der Waals surface area contributed by atoms with Crippen LogP contribution in [0.3, 0.4) is 0 Å². The smallest absolute Gasteiger partial charge is 0.224 e. The van der Waals surface area contributed by atoms with E-state index in [0.29, 0.717) is 24.4 Å². The van der Waals surface area contributed by atoms with Gasteiger partial charge >= 0.3 is 0 Å². The van der Waals surface area contributed by atoms with Crippen molar-refractivity contribution in [1.82, 2.24) is 0 Å². The van der Waals surface area contributed by atoms with E-state index >= 15 is 0 Å². The molecular formula is C38H53NO3. The molecule has 3 rings (SSSR count). The van der Waals surface area contributed by atoms with Gasteiger partial charge in [-0.3, -0.25) is 9.59 Å². The lowest BCUT2D eigenvalue weighted by atomic mass is 10.1. The van der Waals surface area contributed by atoms with Crippen LogP contribution < -0.4 is 5.32 Å². The molecular weight excluding hydrogens is 518 g/mol. The first-order valence-corrected chi connectivity index (χ1v) is 14.9. The highest BCUT2D eigenvalue weighted by atomic mass is 16.5. The topological polar surface area (TPSA) is 55.4 Å². The van der Waals surface area contributed by atoms with E-state index < -0.39 is 0 Å². The number of Topliss-reactive ketones (excluding diaryl/α,β-unsaturated/α-hetero) is 1. The van der Waals surface area contributed by atoms with E-state index in [4.69, 9.17) is 4.74 Å². The maximum absolute atomic E-state index is 11.8. The predicted octanol–water partition coefficient (Wildman–Crippen LogP) is 10.4. The first-order chi connectivity index (χ1) is 20.2. The van der Waals surface area contributed by atoms with Gasteiger partial charge in [0.15, 0.2) is 5.78 Å². The number of hydrogen-bond acceptors (Lipinski definition) is 3. The van der Waals surface area contributed by atoms with Crippen molar-refractivity contribution in [3.05, 3.63) is 107 Å². The molecule has 0 bridgehead atoms. The summed E-state index contributed by atoms with van der Waals surface area (Å²) in [6.07, 6.45) is 13.7. The number of ether oxygens (including phenoxy) is 1. The molecule has 0 heterocycles. The quantitative estimate of drug-likeness (QED) is 0.158. The van der Waals surface area contributed by atoms with Crippen LogP contribution in [0.2, 0.25) is 0 Å². The Bertz CT molecular complexity index is 1120. The van der Waals surface area contributed by atoms with Crippen LogP contribution in [-0.2, 0) is 20.9 Å². The van der Waals surface area contributed by atoms with Crippen LogP contribution in [-0.4, -0.2) is 11.7 Å². The minimum Gasteiger partial charge on any atom is -0.488 e. The van der Waals surface area contributed by atoms with Gasteiger partial charge in [0.25, 0.3) is 0 Å². The number of benzene rings is 3. The summed E-state index contributed by atoms with van der Waals surface area (Å²) in [7, 11) is 0. The van der Waals surface area contributed by atoms with Gasteiger partial charge in [0.05, 0.1) is 0 Å². The van der Waals surface area contributed by atoms with Crippen LogP contribution in [0.15, 0.2) is 90.5 Å². The first kappa shape index (κ1) is 40.0. The van der Waals surface area contributed by atoms with Gasteiger partial charge in [-0.1, -0.05) is 127 Å². The zero-order valence-electron chi connectivity index (χ0n) is 27.2. The normalized spacial score (nSPS) is 9.76. The molecule has 0 aliphatic rings. The number of unbranched alkanes of at least 4 members (excludes halogenated alkanes) is 2. The van der Waals surface area contributed by atoms with Crippen LogP contribution in [0.1, 0.15) is 97.3 Å². The lowest BCUT2D eigenvalue weighted by molar-refractivity contribution is -0.116. The summed E-state index contributed by atoms with van der Waals surface area (Å²) in [6.45, 7) is 16.3. The van der Waals surface area contributed by atoms with Crippen molar-refractivity contribution in [2.45, 2.75) is 94.1 Å². The minimum absolute atomic E-state index is 0.0357. The third-order valence-corrected chi connectivity index (χ3v) is 5.79. The highest BCUT2D eigenvalue weighted by Crippen LogP contribution is 2.24. The molecule has 0 saturated heterocycles. The van der Waals surface area contributed by atoms with Crippen molar-refractivity contribution in [1.29, 1.82) is 0 Å². The molecule has 0 radical (unpaired) electrons. The van der Waals surface area contributed by atoms with Gasteiger partial charge in [-0.2, -0.15) is 0 Å². The van der Waals surface area contributed by atoms with E-state index in [1.54, 1.807) is 13.8 Å². The fraction of sp³-hybridized carbons (Fsp3) is 0.368. The second-order valence-corrected chi connectivity index (χ2v) is 9.42. The number of carbonyl (C=O) groups is 2. The maximum atomic E-state index is 11.8. The highest BCUT2D eigenvalue weighted by molar-refractivity contribution is 5.99. The molecule has 0 atom stereocenters. The fourth-order valence-corrected chi connectivity index (χ4v) is 2.79. The number of carbonyl (C=O) groups excluding carboxylic acids is 2. The molecule has 4 heteroatoms. The van der Waals surface area contributed by atoms with Crippen molar-refractivity contribution in [3.8, 4) is 12.8 Å². The Balaban J connectivity index is 0. The van der Waals surface area contributed by atoms with E-state index in [1.165, 1.54) is 38.2 Å². The molecule has 42 heavy (non-hydrogen) atoms. The summed E-state index contributed by atoms with van der Waals surface area (Å²) < 4.78 is 5.95. The van der Waals surface area contributed by atoms with Crippen molar-refractivity contribution in [2.24, 2.45) is 0 Å². The van der Waals surface area contributed by atoms with Crippen LogP contribution in [0.5, 0.6) is 0 Å². The number of hydrogen-bond donors (Lipinski definition) is 1. The molecule has 1 amide bonds. The summed E-state index contributed by atoms with van der Waals surface area (Å²) in [6, 6.07) is 27.4. The molecule has 0 aliphatic carbocycles. The van der Waals surface area contributed by atoms with Gasteiger partial charge in [0, 0.05) is 23.2 Å². The molecule has 228 valence electrons. The van der Waals surface area contributed by atoms with Crippen LogP contribution in [0.25, 0.3) is 5.76 Å². The zero-order chi connectivity index (χ0) is 32.2. The molecule has 0 unspecified atom stereocenters. The summed E-state index contributed by atoms with van der Waals surface area (Å²) in [5.74, 6) is 0.486. The molecule has 1 N–H and O–H groups in total. The van der Waals surface area contributed by atoms with E-state index in [0.717, 1.165) is 16.8 Å². The number of allylic oxidation sites excluding steroid dienone is 1. The lowest BCUT2D eigenvalue weighted by Gasteiger charge is -2.14. The minimum atomic E-state index is -0.0382. The van der Waals surface area contributed by atoms with Crippen molar-refractivity contribution < 1.29 is 14.3 Å². The van der Waals surface area contributed by atoms with E-state index in [1.807, 2.05) is 72.8 Å². The number of amides is 1. The average Bonchev–Trinajstić information content (AvgIpc) is 3.04. The number of terminal acetylenes is 1. The molecule has 0 aliphatic heterocycles. The number of anilines is 1. The zero-order valence-corrected chi connectivity index (χ0v) is 27.2. The second kappa shape index (κ2) is 27.1. The van der Waals surface area contributed by atoms with Gasteiger partial charge < -0.3 is 10.1 Å². The second-order valence-electron chi connectivity index (χ2n) is 9.42. The van der Waals surface area contributed by atoms with Crippen LogP contribution >= 0.6 is 0 Å². The maximum Gasteiger partial charge on any atom is 0.224 e. The number of aryl methyl sites for hydroxylation is 1. The van der Waals surface area contributed by atoms with E-state index in [2.05, 4.69) is 64.9 Å². The van der Waals surface area contributed by atoms with Gasteiger partial charge in [0.2, 0.25) is 5.91 Å². The molecule has 3 aromatic carbocycles. The summed E-state index contributed by atoms with van der Waals surface area (Å²) in [4.78, 5) is 23.3. The Morgan fingerprint density at radius 3 is 1.50 bits per heavy atom. The Hall–Kier alpha value is -4.10. The molecule has 4 nitrogen and oxygen atoms in total. The molecule has 0 saturated carbocycles. The number of ketones is 1. The van der Waals surface area contributed by atoms with Gasteiger partial charge in [-0.25, -0.2) is 0 Å². The summed E-state index contributed by atoms with van der Waals surface area (Å²) in [5.41, 5.74) is 4.45. The number of nitrogens with one attached hydrogen (secondary N) is 1. The van der Waals surface area contributed by atoms with Crippen LogP contribution in [0, 0.1) is 19.8 Å². The standard InChI is InChI=1S/C21H23NO3.C7H8.2C4H10.C2H2/c1-4-20(24)22-19-12-10-18(11-13-19)21(15(2)16(3)23)25-14-17-8-6-5-7-9-17;1-7-5-3-2-4-6-7;2*1-3-4-2;1-2/h5-13H,4,14H2,1-3H3,(H,22,24);2-6H,1H3;2*3-4H2,1-2H3;1-2H/b21-15+;;;;. The third kappa shape index (κ3) is 19.9. The van der Waals surface area contributed by atoms with Gasteiger partial charge in [-0.15, -0.1) is 12.8 Å². The van der Waals surface area contributed by atoms with Gasteiger partial charge in [0.1, 0.15) is 12.4 Å². The third-order valence-electron chi connectivity index (χ3n) is 5.79. The van der Waals surface area contributed by atoms with Crippen LogP contribution in [0.4, 0.5) is 5.69 Å². The molecule has 0 spiro atoms. The average molecular weight is 572 g/mol. The Labute approximate surface area is 256 Å². The SMILES string of the molecule is C#C.CCC(=O)Nc1ccc(/C(OCc2ccccc2)=C(/C)C(C)=O)cc1.CCCC.CCCC.Cc1ccccc1. The molecule has 0 fully saturated rings. The monoisotopic (exact) mass is 571 g/mol. The Morgan fingerprint density at radius 1 is 0.690 bits per heavy atom. The molecule has 3 aromatic rings. The number of rotatable bonds is 9. The summed E-state index contributed by atoms with van der Waals surface area (Å²) in [5, 5.41) is 2.80. The van der Waals surface area contributed by atoms with Crippen molar-refractivity contribution >= 4 is 23.1 Å². The van der Waals surface area contributed by atoms with Gasteiger partial charge in [-0.05, 0) is 50.6 Å². The highest BCUT2D eigenvalue weighted by Gasteiger charge is 2.12. The summed E-state index contributed by atoms with van der Waals surface area (Å²) >= 11 is 0. The molecule has 0 aromatic heterocycles. The van der Waals surface area contributed by atoms with Crippen molar-refractivity contribution in [3.63, 3.8) is 0 Å².